The number of allylic oxidation sites excluding steroid dienone is 3. The SMILES string of the molecule is CCCC/C=C\CCCCC(O)CC(=O)NC(COP(=O)(O)OC1C(O)C(O)C(O)C(O)C1O)C(O)/C=C/CCCCCCCCCCC. The average molecular weight is 724 g/mol. The first-order valence-corrected chi connectivity index (χ1v) is 19.9. The summed E-state index contributed by atoms with van der Waals surface area (Å²) in [6.45, 7) is 3.59. The maximum absolute atomic E-state index is 12.8. The molecule has 1 aliphatic rings. The Labute approximate surface area is 293 Å². The predicted octanol–water partition coefficient (Wildman–Crippen LogP) is 3.69. The third-order valence-electron chi connectivity index (χ3n) is 8.78. The molecule has 0 aromatic heterocycles. The molecule has 49 heavy (non-hydrogen) atoms. The largest absolute Gasteiger partial charge is 0.472 e. The van der Waals surface area contributed by atoms with Crippen molar-refractivity contribution in [1.82, 2.24) is 5.32 Å². The third kappa shape index (κ3) is 19.8. The summed E-state index contributed by atoms with van der Waals surface area (Å²) in [4.78, 5) is 23.1. The van der Waals surface area contributed by atoms with Crippen LogP contribution in [0.4, 0.5) is 0 Å². The van der Waals surface area contributed by atoms with E-state index in [9.17, 15) is 50.0 Å². The van der Waals surface area contributed by atoms with Crippen LogP contribution in [-0.4, -0.2) is 108 Å². The Balaban J connectivity index is 2.73. The molecule has 0 radical (unpaired) electrons. The highest BCUT2D eigenvalue weighted by molar-refractivity contribution is 7.47. The number of hydrogen-bond donors (Lipinski definition) is 9. The van der Waals surface area contributed by atoms with Gasteiger partial charge in [0, 0.05) is 0 Å². The molecular weight excluding hydrogens is 657 g/mol. The topological polar surface area (TPSA) is 226 Å². The van der Waals surface area contributed by atoms with Crippen LogP contribution in [0.15, 0.2) is 24.3 Å². The summed E-state index contributed by atoms with van der Waals surface area (Å²) in [6.07, 6.45) is 10.3. The van der Waals surface area contributed by atoms with E-state index in [0.717, 1.165) is 51.4 Å². The van der Waals surface area contributed by atoms with Gasteiger partial charge in [-0.15, -0.1) is 0 Å². The van der Waals surface area contributed by atoms with Gasteiger partial charge in [0.05, 0.1) is 31.3 Å². The maximum Gasteiger partial charge on any atom is 0.472 e. The fraction of sp³-hybridized carbons (Fsp3) is 0.857. The lowest BCUT2D eigenvalue weighted by atomic mass is 9.85. The van der Waals surface area contributed by atoms with Crippen molar-refractivity contribution in [2.24, 2.45) is 0 Å². The van der Waals surface area contributed by atoms with Crippen molar-refractivity contribution in [3.05, 3.63) is 24.3 Å². The molecule has 1 fully saturated rings. The van der Waals surface area contributed by atoms with Crippen molar-refractivity contribution in [1.29, 1.82) is 0 Å². The second-order valence-electron chi connectivity index (χ2n) is 13.3. The standard InChI is InChI=1S/C35H66NO12P/c1-3-5-7-9-11-13-14-15-17-19-21-23-28(38)27(36-29(39)24-26(37)22-20-18-16-12-10-8-6-4-2)25-47-49(45,46)48-35-33(43)31(41)30(40)32(42)34(35)44/h10,12,21,23,26-28,30-35,37-38,40-44H,3-9,11,13-20,22,24-25H2,1-2H3,(H,36,39)(H,45,46)/b12-10-,23-21+. The third-order valence-corrected chi connectivity index (χ3v) is 9.77. The zero-order valence-electron chi connectivity index (χ0n) is 29.6. The molecule has 288 valence electrons. The minimum absolute atomic E-state index is 0.260. The molecule has 8 atom stereocenters. The number of phosphoric ester groups is 1. The van der Waals surface area contributed by atoms with E-state index in [2.05, 4.69) is 31.3 Å². The van der Waals surface area contributed by atoms with E-state index in [4.69, 9.17) is 9.05 Å². The van der Waals surface area contributed by atoms with Gasteiger partial charge in [-0.25, -0.2) is 4.57 Å². The van der Waals surface area contributed by atoms with E-state index in [-0.39, 0.29) is 6.42 Å². The summed E-state index contributed by atoms with van der Waals surface area (Å²) in [5, 5.41) is 73.7. The van der Waals surface area contributed by atoms with Crippen LogP contribution in [-0.2, 0) is 18.4 Å². The molecule has 0 aromatic carbocycles. The highest BCUT2D eigenvalue weighted by Crippen LogP contribution is 2.47. The Hall–Kier alpha value is -1.22. The van der Waals surface area contributed by atoms with Crippen molar-refractivity contribution >= 4 is 13.7 Å². The molecule has 14 heteroatoms. The Bertz CT molecular complexity index is 953. The summed E-state index contributed by atoms with van der Waals surface area (Å²) in [6, 6.07) is -1.24. The molecule has 0 spiro atoms. The smallest absolute Gasteiger partial charge is 0.393 e. The molecule has 0 bridgehead atoms. The predicted molar refractivity (Wildman–Crippen MR) is 187 cm³/mol. The number of hydrogen-bond acceptors (Lipinski definition) is 11. The number of carbonyl (C=O) groups excluding carboxylic acids is 1. The summed E-state index contributed by atoms with van der Waals surface area (Å²) in [5.74, 6) is -0.612. The fourth-order valence-electron chi connectivity index (χ4n) is 5.63. The Kier molecular flexibility index (Phi) is 24.8. The molecule has 1 saturated carbocycles. The van der Waals surface area contributed by atoms with E-state index in [1.807, 2.05) is 0 Å². The van der Waals surface area contributed by atoms with Gasteiger partial charge in [0.1, 0.15) is 36.6 Å². The molecule has 8 unspecified atom stereocenters. The van der Waals surface area contributed by atoms with Crippen molar-refractivity contribution in [3.8, 4) is 0 Å². The van der Waals surface area contributed by atoms with E-state index >= 15 is 0 Å². The zero-order valence-corrected chi connectivity index (χ0v) is 30.5. The molecule has 0 heterocycles. The minimum atomic E-state index is -5.13. The van der Waals surface area contributed by atoms with Crippen LogP contribution in [0.2, 0.25) is 0 Å². The van der Waals surface area contributed by atoms with E-state index in [1.165, 1.54) is 44.6 Å². The summed E-state index contributed by atoms with van der Waals surface area (Å²) < 4.78 is 22.6. The number of phosphoric acid groups is 1. The van der Waals surface area contributed by atoms with Crippen LogP contribution in [0.1, 0.15) is 129 Å². The molecule has 1 aliphatic carbocycles. The summed E-state index contributed by atoms with van der Waals surface area (Å²) >= 11 is 0. The van der Waals surface area contributed by atoms with Gasteiger partial charge in [-0.2, -0.15) is 0 Å². The molecule has 13 nitrogen and oxygen atoms in total. The van der Waals surface area contributed by atoms with Crippen LogP contribution in [0.3, 0.4) is 0 Å². The number of aliphatic hydroxyl groups excluding tert-OH is 7. The van der Waals surface area contributed by atoms with Gasteiger partial charge in [-0.3, -0.25) is 13.8 Å². The fourth-order valence-corrected chi connectivity index (χ4v) is 6.60. The zero-order chi connectivity index (χ0) is 36.7. The lowest BCUT2D eigenvalue weighted by Gasteiger charge is -2.41. The number of unbranched alkanes of at least 4 members (excludes halogenated alkanes) is 13. The lowest BCUT2D eigenvalue weighted by Crippen LogP contribution is -2.64. The second-order valence-corrected chi connectivity index (χ2v) is 14.7. The Morgan fingerprint density at radius 3 is 1.80 bits per heavy atom. The van der Waals surface area contributed by atoms with E-state index < -0.39 is 75.2 Å². The van der Waals surface area contributed by atoms with Gasteiger partial charge in [-0.1, -0.05) is 109 Å². The summed E-state index contributed by atoms with van der Waals surface area (Å²) in [7, 11) is -5.13. The van der Waals surface area contributed by atoms with Crippen LogP contribution < -0.4 is 5.32 Å². The van der Waals surface area contributed by atoms with E-state index in [1.54, 1.807) is 6.08 Å². The molecule has 0 aliphatic heterocycles. The van der Waals surface area contributed by atoms with Crippen molar-refractivity contribution in [2.75, 3.05) is 6.61 Å². The Morgan fingerprint density at radius 1 is 0.714 bits per heavy atom. The molecule has 9 N–H and O–H groups in total. The highest BCUT2D eigenvalue weighted by Gasteiger charge is 2.51. The number of aliphatic hydroxyl groups is 7. The normalized spacial score (nSPS) is 26.2. The monoisotopic (exact) mass is 723 g/mol. The highest BCUT2D eigenvalue weighted by atomic mass is 31.2. The first-order valence-electron chi connectivity index (χ1n) is 18.4. The van der Waals surface area contributed by atoms with Crippen LogP contribution >= 0.6 is 7.82 Å². The number of nitrogens with one attached hydrogen (secondary N) is 1. The number of amides is 1. The minimum Gasteiger partial charge on any atom is -0.393 e. The van der Waals surface area contributed by atoms with Gasteiger partial charge in [0.15, 0.2) is 0 Å². The first-order chi connectivity index (χ1) is 23.3. The van der Waals surface area contributed by atoms with Crippen LogP contribution in [0, 0.1) is 0 Å². The quantitative estimate of drug-likeness (QED) is 0.0320. The van der Waals surface area contributed by atoms with Crippen LogP contribution in [0.25, 0.3) is 0 Å². The summed E-state index contributed by atoms with van der Waals surface area (Å²) in [5.41, 5.74) is 0. The maximum atomic E-state index is 12.8. The van der Waals surface area contributed by atoms with Crippen molar-refractivity contribution < 1.29 is 59.0 Å². The number of carbonyl (C=O) groups is 1. The van der Waals surface area contributed by atoms with Gasteiger partial charge in [-0.05, 0) is 38.5 Å². The lowest BCUT2D eigenvalue weighted by molar-refractivity contribution is -0.220. The van der Waals surface area contributed by atoms with Gasteiger partial charge in [0.2, 0.25) is 5.91 Å². The molecule has 0 aromatic rings. The Morgan fingerprint density at radius 2 is 1.20 bits per heavy atom. The van der Waals surface area contributed by atoms with Gasteiger partial charge < -0.3 is 46.0 Å². The van der Waals surface area contributed by atoms with E-state index in [0.29, 0.717) is 19.3 Å². The average Bonchev–Trinajstić information content (AvgIpc) is 3.06. The molecular formula is C35H66NO12P. The van der Waals surface area contributed by atoms with Gasteiger partial charge >= 0.3 is 7.82 Å². The van der Waals surface area contributed by atoms with Gasteiger partial charge in [0.25, 0.3) is 0 Å². The van der Waals surface area contributed by atoms with Crippen LogP contribution in [0.5, 0.6) is 0 Å². The molecule has 1 rings (SSSR count). The van der Waals surface area contributed by atoms with Crippen molar-refractivity contribution in [3.63, 3.8) is 0 Å². The second kappa shape index (κ2) is 26.5. The first kappa shape index (κ1) is 45.8. The van der Waals surface area contributed by atoms with Crippen molar-refractivity contribution in [2.45, 2.75) is 184 Å². The number of rotatable bonds is 28. The molecule has 1 amide bonds. The molecule has 0 saturated heterocycles.